The predicted octanol–water partition coefficient (Wildman–Crippen LogP) is 5.53. The van der Waals surface area contributed by atoms with Gasteiger partial charge >= 0.3 is 0 Å². The molecule has 32 heavy (non-hydrogen) atoms. The van der Waals surface area contributed by atoms with Crippen LogP contribution in [0.1, 0.15) is 17.3 Å². The molecule has 0 saturated carbocycles. The Balaban J connectivity index is 1.59. The van der Waals surface area contributed by atoms with Crippen molar-refractivity contribution in [2.24, 2.45) is 0 Å². The second-order valence-electron chi connectivity index (χ2n) is 6.73. The van der Waals surface area contributed by atoms with Gasteiger partial charge in [0, 0.05) is 17.3 Å². The molecule has 1 aromatic heterocycles. The summed E-state index contributed by atoms with van der Waals surface area (Å²) in [5, 5.41) is 15.1. The van der Waals surface area contributed by atoms with Gasteiger partial charge in [-0.3, -0.25) is 14.9 Å². The molecule has 1 amide bonds. The van der Waals surface area contributed by atoms with Gasteiger partial charge in [-0.05, 0) is 43.3 Å². The van der Waals surface area contributed by atoms with Crippen molar-refractivity contribution in [2.45, 2.75) is 6.92 Å². The average molecular weight is 449 g/mol. The summed E-state index contributed by atoms with van der Waals surface area (Å²) in [5.74, 6) is -0.166. The van der Waals surface area contributed by atoms with Crippen LogP contribution in [0.25, 0.3) is 20.8 Å². The highest BCUT2D eigenvalue weighted by atomic mass is 32.1. The fraction of sp³-hybridized carbons (Fsp3) is 0.130. The number of para-hydroxylation sites is 1. The van der Waals surface area contributed by atoms with E-state index in [0.717, 1.165) is 20.8 Å². The number of hydrogen-bond donors (Lipinski definition) is 1. The zero-order valence-corrected chi connectivity index (χ0v) is 18.1. The number of fused-ring (bicyclic) bond motifs is 1. The van der Waals surface area contributed by atoms with E-state index < -0.39 is 10.8 Å². The van der Waals surface area contributed by atoms with Gasteiger partial charge in [0.2, 0.25) is 0 Å². The number of nitro groups is 1. The Morgan fingerprint density at radius 2 is 1.88 bits per heavy atom. The van der Waals surface area contributed by atoms with Crippen LogP contribution < -0.4 is 14.8 Å². The van der Waals surface area contributed by atoms with Crippen LogP contribution >= 0.6 is 11.3 Å². The minimum atomic E-state index is -0.622. The van der Waals surface area contributed by atoms with Gasteiger partial charge in [-0.25, -0.2) is 4.98 Å². The molecule has 162 valence electrons. The van der Waals surface area contributed by atoms with E-state index in [1.54, 1.807) is 30.4 Å². The van der Waals surface area contributed by atoms with Gasteiger partial charge in [0.15, 0.2) is 11.5 Å². The van der Waals surface area contributed by atoms with Crippen LogP contribution in [0.2, 0.25) is 0 Å². The van der Waals surface area contributed by atoms with Crippen molar-refractivity contribution in [1.29, 1.82) is 0 Å². The lowest BCUT2D eigenvalue weighted by molar-refractivity contribution is -0.385. The third-order valence-corrected chi connectivity index (χ3v) is 5.79. The number of nitrogens with one attached hydrogen (secondary N) is 1. The van der Waals surface area contributed by atoms with E-state index in [2.05, 4.69) is 10.3 Å². The smallest absolute Gasteiger partial charge is 0.286 e. The number of anilines is 1. The van der Waals surface area contributed by atoms with Gasteiger partial charge in [0.1, 0.15) is 10.6 Å². The van der Waals surface area contributed by atoms with Crippen molar-refractivity contribution in [1.82, 2.24) is 4.98 Å². The molecule has 0 saturated heterocycles. The third-order valence-electron chi connectivity index (χ3n) is 4.71. The molecule has 1 heterocycles. The van der Waals surface area contributed by atoms with E-state index in [1.165, 1.54) is 19.2 Å². The quantitative estimate of drug-likeness (QED) is 0.294. The van der Waals surface area contributed by atoms with Crippen LogP contribution in [0.3, 0.4) is 0 Å². The fourth-order valence-electron chi connectivity index (χ4n) is 3.20. The number of amides is 1. The number of methoxy groups -OCH3 is 1. The molecule has 0 aliphatic carbocycles. The van der Waals surface area contributed by atoms with Crippen LogP contribution in [-0.4, -0.2) is 29.5 Å². The van der Waals surface area contributed by atoms with Crippen LogP contribution in [0.15, 0.2) is 60.7 Å². The monoisotopic (exact) mass is 449 g/mol. The molecular formula is C23H19N3O5S. The topological polar surface area (TPSA) is 104 Å². The lowest BCUT2D eigenvalue weighted by Gasteiger charge is -2.12. The highest BCUT2D eigenvalue weighted by molar-refractivity contribution is 7.21. The number of hydrogen-bond acceptors (Lipinski definition) is 7. The molecule has 0 unspecified atom stereocenters. The Labute approximate surface area is 187 Å². The first-order chi connectivity index (χ1) is 15.5. The third kappa shape index (κ3) is 4.23. The van der Waals surface area contributed by atoms with E-state index in [0.29, 0.717) is 12.3 Å². The average Bonchev–Trinajstić information content (AvgIpc) is 3.23. The summed E-state index contributed by atoms with van der Waals surface area (Å²) in [6, 6.07) is 17.6. The molecule has 0 bridgehead atoms. The minimum Gasteiger partial charge on any atom is -0.493 e. The van der Waals surface area contributed by atoms with Crippen LogP contribution in [0, 0.1) is 10.1 Å². The van der Waals surface area contributed by atoms with Crippen molar-refractivity contribution >= 4 is 38.8 Å². The molecule has 0 aliphatic rings. The molecule has 0 aliphatic heterocycles. The molecule has 0 radical (unpaired) electrons. The lowest BCUT2D eigenvalue weighted by Crippen LogP contribution is -2.14. The molecule has 4 rings (SSSR count). The fourth-order valence-corrected chi connectivity index (χ4v) is 4.17. The number of carbonyl (C=O) groups is 1. The zero-order chi connectivity index (χ0) is 22.7. The van der Waals surface area contributed by atoms with Gasteiger partial charge in [-0.1, -0.05) is 12.1 Å². The second kappa shape index (κ2) is 9.03. The Bertz CT molecular complexity index is 1270. The Kier molecular flexibility index (Phi) is 6.00. The molecule has 1 N–H and O–H groups in total. The molecule has 3 aromatic carbocycles. The summed E-state index contributed by atoms with van der Waals surface area (Å²) >= 11 is 1.58. The van der Waals surface area contributed by atoms with Gasteiger partial charge in [-0.2, -0.15) is 0 Å². The van der Waals surface area contributed by atoms with Crippen molar-refractivity contribution in [2.75, 3.05) is 19.0 Å². The lowest BCUT2D eigenvalue weighted by atomic mass is 10.1. The van der Waals surface area contributed by atoms with Gasteiger partial charge < -0.3 is 14.8 Å². The maximum absolute atomic E-state index is 12.8. The highest BCUT2D eigenvalue weighted by Gasteiger charge is 2.25. The van der Waals surface area contributed by atoms with Crippen LogP contribution in [-0.2, 0) is 0 Å². The Morgan fingerprint density at radius 1 is 1.12 bits per heavy atom. The summed E-state index contributed by atoms with van der Waals surface area (Å²) in [7, 11) is 1.38. The van der Waals surface area contributed by atoms with Crippen molar-refractivity contribution in [3.63, 3.8) is 0 Å². The summed E-state index contributed by atoms with van der Waals surface area (Å²) in [6.07, 6.45) is 0. The number of carbonyl (C=O) groups excluding carboxylic acids is 1. The number of nitrogens with zero attached hydrogens (tertiary/aromatic N) is 2. The van der Waals surface area contributed by atoms with Crippen LogP contribution in [0.4, 0.5) is 11.4 Å². The predicted molar refractivity (Wildman–Crippen MR) is 124 cm³/mol. The molecule has 8 nitrogen and oxygen atoms in total. The van der Waals surface area contributed by atoms with E-state index in [4.69, 9.17) is 9.47 Å². The van der Waals surface area contributed by atoms with Gasteiger partial charge in [0.05, 0.1) is 34.9 Å². The number of ether oxygens (including phenoxy) is 2. The zero-order valence-electron chi connectivity index (χ0n) is 17.3. The SMILES string of the molecule is CCOc1cc(C(=O)Nc2ccc(-c3nc4ccccc4s3)cc2)c([N+](=O)[O-])cc1OC. The normalized spacial score (nSPS) is 10.7. The Hall–Kier alpha value is -3.98. The van der Waals surface area contributed by atoms with E-state index in [9.17, 15) is 14.9 Å². The molecule has 0 fully saturated rings. The molecule has 4 aromatic rings. The highest BCUT2D eigenvalue weighted by Crippen LogP contribution is 2.35. The first kappa shape index (κ1) is 21.3. The summed E-state index contributed by atoms with van der Waals surface area (Å²) in [4.78, 5) is 28.4. The molecule has 0 spiro atoms. The Morgan fingerprint density at radius 3 is 2.53 bits per heavy atom. The van der Waals surface area contributed by atoms with Gasteiger partial charge in [-0.15, -0.1) is 11.3 Å². The summed E-state index contributed by atoms with van der Waals surface area (Å²) in [6.45, 7) is 2.09. The first-order valence-corrected chi connectivity index (χ1v) is 10.6. The maximum atomic E-state index is 12.8. The number of aromatic nitrogens is 1. The molecular weight excluding hydrogens is 430 g/mol. The standard InChI is InChI=1S/C23H19N3O5S/c1-3-31-20-12-16(18(26(28)29)13-19(20)30-2)22(27)24-15-10-8-14(9-11-15)23-25-17-6-4-5-7-21(17)32-23/h4-13H,3H2,1-2H3,(H,24,27). The number of thiazole rings is 1. The van der Waals surface area contributed by atoms with E-state index >= 15 is 0 Å². The number of nitro benzene ring substituents is 1. The second-order valence-corrected chi connectivity index (χ2v) is 7.76. The number of rotatable bonds is 7. The van der Waals surface area contributed by atoms with Crippen LogP contribution in [0.5, 0.6) is 11.5 Å². The van der Waals surface area contributed by atoms with Crippen molar-refractivity contribution < 1.29 is 19.2 Å². The van der Waals surface area contributed by atoms with E-state index in [-0.39, 0.29) is 22.7 Å². The molecule has 9 heteroatoms. The largest absolute Gasteiger partial charge is 0.493 e. The summed E-state index contributed by atoms with van der Waals surface area (Å²) < 4.78 is 11.7. The first-order valence-electron chi connectivity index (χ1n) is 9.76. The van der Waals surface area contributed by atoms with E-state index in [1.807, 2.05) is 36.4 Å². The van der Waals surface area contributed by atoms with Crippen molar-refractivity contribution in [3.05, 3.63) is 76.3 Å². The maximum Gasteiger partial charge on any atom is 0.286 e. The summed E-state index contributed by atoms with van der Waals surface area (Å²) in [5.41, 5.74) is 1.87. The molecule has 0 atom stereocenters. The minimum absolute atomic E-state index is 0.116. The van der Waals surface area contributed by atoms with Crippen molar-refractivity contribution in [3.8, 4) is 22.1 Å². The van der Waals surface area contributed by atoms with Gasteiger partial charge in [0.25, 0.3) is 11.6 Å². The number of benzene rings is 3.